The molecular formula is C17H19NO2. The number of aryl methyl sites for hydroxylation is 1. The first-order chi connectivity index (χ1) is 9.78. The largest absolute Gasteiger partial charge is 0.455 e. The van der Waals surface area contributed by atoms with Crippen molar-refractivity contribution in [3.63, 3.8) is 0 Å². The fourth-order valence-corrected chi connectivity index (χ4v) is 2.69. The third-order valence-electron chi connectivity index (χ3n) is 3.65. The summed E-state index contributed by atoms with van der Waals surface area (Å²) in [6, 6.07) is 10.1. The lowest BCUT2D eigenvalue weighted by Crippen LogP contribution is -1.99. The molecule has 1 aromatic heterocycles. The fraction of sp³-hybridized carbons (Fsp3) is 0.353. The van der Waals surface area contributed by atoms with Crippen LogP contribution in [0.5, 0.6) is 11.5 Å². The topological polar surface area (TPSA) is 31.4 Å². The van der Waals surface area contributed by atoms with Crippen LogP contribution in [-0.2, 0) is 11.2 Å². The van der Waals surface area contributed by atoms with Gasteiger partial charge < -0.3 is 9.47 Å². The van der Waals surface area contributed by atoms with Crippen molar-refractivity contribution in [2.24, 2.45) is 0 Å². The summed E-state index contributed by atoms with van der Waals surface area (Å²) in [5.74, 6) is 1.71. The van der Waals surface area contributed by atoms with Crippen molar-refractivity contribution >= 4 is 0 Å². The molecule has 104 valence electrons. The standard InChI is InChI=1S/C17H19NO2/c1-3-19-16-10-9-15-14(16)5-4-6-17(15)20-13-8-7-12(2)18-11-13/h4-8,11,16H,3,9-10H2,1-2H3. The molecule has 0 aliphatic heterocycles. The van der Waals surface area contributed by atoms with Gasteiger partial charge in [0.15, 0.2) is 0 Å². The van der Waals surface area contributed by atoms with E-state index in [4.69, 9.17) is 9.47 Å². The summed E-state index contributed by atoms with van der Waals surface area (Å²) in [4.78, 5) is 4.26. The molecule has 1 atom stereocenters. The number of fused-ring (bicyclic) bond motifs is 1. The molecule has 1 aliphatic carbocycles. The van der Waals surface area contributed by atoms with Gasteiger partial charge in [0, 0.05) is 17.9 Å². The first kappa shape index (κ1) is 13.1. The van der Waals surface area contributed by atoms with Gasteiger partial charge >= 0.3 is 0 Å². The maximum absolute atomic E-state index is 5.98. The molecule has 3 heteroatoms. The predicted octanol–water partition coefficient (Wildman–Crippen LogP) is 4.21. The van der Waals surface area contributed by atoms with Gasteiger partial charge in [-0.2, -0.15) is 0 Å². The Morgan fingerprint density at radius 2 is 2.15 bits per heavy atom. The zero-order chi connectivity index (χ0) is 13.9. The van der Waals surface area contributed by atoms with Crippen LogP contribution in [0.1, 0.15) is 36.3 Å². The van der Waals surface area contributed by atoms with Crippen molar-refractivity contribution in [3.8, 4) is 11.5 Å². The van der Waals surface area contributed by atoms with Gasteiger partial charge in [0.05, 0.1) is 12.3 Å². The van der Waals surface area contributed by atoms with Gasteiger partial charge in [-0.25, -0.2) is 0 Å². The number of hydrogen-bond donors (Lipinski definition) is 0. The fourth-order valence-electron chi connectivity index (χ4n) is 2.69. The van der Waals surface area contributed by atoms with Gasteiger partial charge in [-0.1, -0.05) is 12.1 Å². The van der Waals surface area contributed by atoms with Crippen LogP contribution in [0, 0.1) is 6.92 Å². The zero-order valence-corrected chi connectivity index (χ0v) is 11.9. The van der Waals surface area contributed by atoms with Crippen LogP contribution in [0.15, 0.2) is 36.5 Å². The highest BCUT2D eigenvalue weighted by molar-refractivity contribution is 5.46. The smallest absolute Gasteiger partial charge is 0.145 e. The minimum absolute atomic E-state index is 0.217. The Kier molecular flexibility index (Phi) is 3.70. The normalized spacial score (nSPS) is 17.0. The second-order valence-electron chi connectivity index (χ2n) is 5.04. The third kappa shape index (κ3) is 2.54. The van der Waals surface area contributed by atoms with E-state index in [2.05, 4.69) is 11.1 Å². The van der Waals surface area contributed by atoms with E-state index in [1.165, 1.54) is 11.1 Å². The molecule has 1 unspecified atom stereocenters. The maximum atomic E-state index is 5.98. The summed E-state index contributed by atoms with van der Waals surface area (Å²) >= 11 is 0. The van der Waals surface area contributed by atoms with Crippen LogP contribution in [0.4, 0.5) is 0 Å². The number of aromatic nitrogens is 1. The van der Waals surface area contributed by atoms with Crippen molar-refractivity contribution < 1.29 is 9.47 Å². The van der Waals surface area contributed by atoms with Gasteiger partial charge in [-0.15, -0.1) is 0 Å². The summed E-state index contributed by atoms with van der Waals surface area (Å²) in [5, 5.41) is 0. The van der Waals surface area contributed by atoms with Gasteiger partial charge in [-0.05, 0) is 50.5 Å². The predicted molar refractivity (Wildman–Crippen MR) is 78.2 cm³/mol. The number of rotatable bonds is 4. The van der Waals surface area contributed by atoms with Gasteiger partial charge in [0.2, 0.25) is 0 Å². The highest BCUT2D eigenvalue weighted by Gasteiger charge is 2.25. The number of ether oxygens (including phenoxy) is 2. The summed E-state index contributed by atoms with van der Waals surface area (Å²) in [6.45, 7) is 4.75. The molecule has 3 rings (SSSR count). The Hall–Kier alpha value is -1.87. The minimum atomic E-state index is 0.217. The quantitative estimate of drug-likeness (QED) is 0.833. The van der Waals surface area contributed by atoms with Crippen LogP contribution >= 0.6 is 0 Å². The van der Waals surface area contributed by atoms with Crippen molar-refractivity contribution in [2.45, 2.75) is 32.8 Å². The Bertz CT molecular complexity index is 592. The zero-order valence-electron chi connectivity index (χ0n) is 11.9. The maximum Gasteiger partial charge on any atom is 0.145 e. The molecule has 0 saturated heterocycles. The third-order valence-corrected chi connectivity index (χ3v) is 3.65. The number of hydrogen-bond acceptors (Lipinski definition) is 3. The number of benzene rings is 1. The van der Waals surface area contributed by atoms with E-state index in [9.17, 15) is 0 Å². The van der Waals surface area contributed by atoms with Crippen LogP contribution < -0.4 is 4.74 Å². The second kappa shape index (κ2) is 5.63. The molecule has 0 fully saturated rings. The molecule has 20 heavy (non-hydrogen) atoms. The van der Waals surface area contributed by atoms with E-state index in [0.29, 0.717) is 0 Å². The molecule has 1 aromatic carbocycles. The first-order valence-electron chi connectivity index (χ1n) is 7.12. The molecule has 3 nitrogen and oxygen atoms in total. The Labute approximate surface area is 119 Å². The first-order valence-corrected chi connectivity index (χ1v) is 7.12. The van der Waals surface area contributed by atoms with Gasteiger partial charge in [0.1, 0.15) is 11.5 Å². The molecule has 2 aromatic rings. The molecule has 0 spiro atoms. The van der Waals surface area contributed by atoms with Crippen molar-refractivity contribution in [3.05, 3.63) is 53.3 Å². The van der Waals surface area contributed by atoms with Gasteiger partial charge in [0.25, 0.3) is 0 Å². The van der Waals surface area contributed by atoms with Crippen molar-refractivity contribution in [2.75, 3.05) is 6.61 Å². The second-order valence-corrected chi connectivity index (χ2v) is 5.04. The van der Waals surface area contributed by atoms with Gasteiger partial charge in [-0.3, -0.25) is 4.98 Å². The summed E-state index contributed by atoms with van der Waals surface area (Å²) in [7, 11) is 0. The SMILES string of the molecule is CCOC1CCc2c(Oc3ccc(C)nc3)cccc21. The molecule has 1 aliphatic rings. The van der Waals surface area contributed by atoms with Crippen LogP contribution in [0.25, 0.3) is 0 Å². The Morgan fingerprint density at radius 1 is 1.25 bits per heavy atom. The summed E-state index contributed by atoms with van der Waals surface area (Å²) in [5.41, 5.74) is 3.53. The highest BCUT2D eigenvalue weighted by atomic mass is 16.5. The van der Waals surface area contributed by atoms with E-state index in [-0.39, 0.29) is 6.10 Å². The Balaban J connectivity index is 1.86. The molecule has 0 N–H and O–H groups in total. The molecule has 0 bridgehead atoms. The van der Waals surface area contributed by atoms with Crippen molar-refractivity contribution in [1.82, 2.24) is 4.98 Å². The lowest BCUT2D eigenvalue weighted by Gasteiger charge is -2.13. The summed E-state index contributed by atoms with van der Waals surface area (Å²) < 4.78 is 11.8. The molecule has 1 heterocycles. The van der Waals surface area contributed by atoms with E-state index < -0.39 is 0 Å². The van der Waals surface area contributed by atoms with E-state index in [1.54, 1.807) is 6.20 Å². The average Bonchev–Trinajstić information content (AvgIpc) is 2.86. The van der Waals surface area contributed by atoms with E-state index in [0.717, 1.165) is 36.6 Å². The van der Waals surface area contributed by atoms with Crippen molar-refractivity contribution in [1.29, 1.82) is 0 Å². The highest BCUT2D eigenvalue weighted by Crippen LogP contribution is 2.40. The molecule has 0 radical (unpaired) electrons. The average molecular weight is 269 g/mol. The lowest BCUT2D eigenvalue weighted by atomic mass is 10.1. The van der Waals surface area contributed by atoms with Crippen LogP contribution in [0.3, 0.4) is 0 Å². The van der Waals surface area contributed by atoms with E-state index in [1.807, 2.05) is 38.1 Å². The lowest BCUT2D eigenvalue weighted by molar-refractivity contribution is 0.0640. The number of pyridine rings is 1. The summed E-state index contributed by atoms with van der Waals surface area (Å²) in [6.07, 6.45) is 4.03. The molecular weight excluding hydrogens is 250 g/mol. The molecule has 0 saturated carbocycles. The van der Waals surface area contributed by atoms with Crippen LogP contribution in [0.2, 0.25) is 0 Å². The van der Waals surface area contributed by atoms with E-state index >= 15 is 0 Å². The number of nitrogens with zero attached hydrogens (tertiary/aromatic N) is 1. The monoisotopic (exact) mass is 269 g/mol. The Morgan fingerprint density at radius 3 is 2.90 bits per heavy atom. The molecule has 0 amide bonds. The minimum Gasteiger partial charge on any atom is -0.455 e. The van der Waals surface area contributed by atoms with Crippen LogP contribution in [-0.4, -0.2) is 11.6 Å².